The molecule has 1 aliphatic heterocycles. The van der Waals surface area contributed by atoms with Gasteiger partial charge in [0.25, 0.3) is 5.69 Å². The molecule has 1 heterocycles. The maximum atomic E-state index is 10.6. The summed E-state index contributed by atoms with van der Waals surface area (Å²) in [7, 11) is 0. The van der Waals surface area contributed by atoms with Gasteiger partial charge in [-0.3, -0.25) is 10.1 Å². The molecule has 0 aliphatic carbocycles. The zero-order valence-corrected chi connectivity index (χ0v) is 11.0. The number of nitro groups is 1. The van der Waals surface area contributed by atoms with Gasteiger partial charge in [-0.15, -0.1) is 0 Å². The highest BCUT2D eigenvalue weighted by Crippen LogP contribution is 2.19. The monoisotopic (exact) mass is 276 g/mol. The topological polar surface area (TPSA) is 71.1 Å². The quantitative estimate of drug-likeness (QED) is 0.274. The number of non-ortho nitro benzene ring substituents is 1. The fourth-order valence-corrected chi connectivity index (χ4v) is 1.97. The molecule has 2 rings (SSSR count). The number of rotatable bonds is 2. The van der Waals surface area contributed by atoms with Crippen LogP contribution in [0.1, 0.15) is 12.8 Å². The molecule has 1 aromatic rings. The third kappa shape index (κ3) is 3.43. The normalized spacial score (nSPS) is 15.2. The lowest BCUT2D eigenvalue weighted by atomic mass is 10.3. The van der Waals surface area contributed by atoms with Crippen molar-refractivity contribution >= 4 is 34.7 Å². The van der Waals surface area contributed by atoms with Gasteiger partial charge in [-0.1, -0.05) is 0 Å². The minimum atomic E-state index is -0.440. The molecule has 0 radical (unpaired) electrons. The highest BCUT2D eigenvalue weighted by Gasteiger charge is 2.15. The smallest absolute Gasteiger partial charge is 0.269 e. The Hall–Kier alpha value is -2.11. The van der Waals surface area contributed by atoms with Crippen molar-refractivity contribution in [1.29, 1.82) is 0 Å². The Balaban J connectivity index is 2.24. The van der Waals surface area contributed by atoms with Crippen LogP contribution in [-0.2, 0) is 0 Å². The molecule has 1 fully saturated rings. The van der Waals surface area contributed by atoms with Crippen molar-refractivity contribution in [2.75, 3.05) is 13.1 Å². The lowest BCUT2D eigenvalue weighted by molar-refractivity contribution is -0.384. The average molecular weight is 276 g/mol. The lowest BCUT2D eigenvalue weighted by Gasteiger charge is -2.14. The number of hydrogen-bond acceptors (Lipinski definition) is 4. The van der Waals surface area contributed by atoms with Gasteiger partial charge in [0.05, 0.1) is 15.8 Å². The zero-order valence-electron chi connectivity index (χ0n) is 10.2. The third-order valence-corrected chi connectivity index (χ3v) is 2.92. The van der Waals surface area contributed by atoms with Crippen LogP contribution in [-0.4, -0.2) is 34.0 Å². The van der Waals surface area contributed by atoms with Crippen molar-refractivity contribution in [2.45, 2.75) is 12.8 Å². The van der Waals surface area contributed by atoms with Crippen LogP contribution in [0.4, 0.5) is 11.4 Å². The molecule has 6 nitrogen and oxygen atoms in total. The molecule has 1 aliphatic rings. The molecular formula is C12H12N4O2S. The van der Waals surface area contributed by atoms with Crippen LogP contribution in [0, 0.1) is 10.1 Å². The van der Waals surface area contributed by atoms with E-state index in [2.05, 4.69) is 27.4 Å². The maximum Gasteiger partial charge on any atom is 0.269 e. The van der Waals surface area contributed by atoms with E-state index in [1.165, 1.54) is 12.1 Å². The summed E-state index contributed by atoms with van der Waals surface area (Å²) in [5, 5.41) is 12.9. The molecule has 19 heavy (non-hydrogen) atoms. The van der Waals surface area contributed by atoms with Crippen LogP contribution in [0.5, 0.6) is 0 Å². The molecule has 0 atom stereocenters. The number of hydrogen-bond donors (Lipinski definition) is 0. The van der Waals surface area contributed by atoms with Crippen molar-refractivity contribution in [3.8, 4) is 0 Å². The van der Waals surface area contributed by atoms with Crippen molar-refractivity contribution in [1.82, 2.24) is 4.90 Å². The van der Waals surface area contributed by atoms with Crippen LogP contribution in [0.3, 0.4) is 0 Å². The first-order valence-electron chi connectivity index (χ1n) is 5.86. The van der Waals surface area contributed by atoms with E-state index in [0.29, 0.717) is 11.6 Å². The standard InChI is InChI=1S/C12H12N4O2S/c17-16(18)11-5-3-10(4-6-11)14-12(13-9-19)15-7-1-2-8-15/h3-6H,1-2,7-8H2. The Morgan fingerprint density at radius 2 is 1.95 bits per heavy atom. The first-order chi connectivity index (χ1) is 9.20. The molecule has 1 aromatic carbocycles. The summed E-state index contributed by atoms with van der Waals surface area (Å²) >= 11 is 4.62. The van der Waals surface area contributed by atoms with E-state index in [1.54, 1.807) is 12.1 Å². The van der Waals surface area contributed by atoms with Gasteiger partial charge in [0.15, 0.2) is 0 Å². The second-order valence-corrected chi connectivity index (χ2v) is 4.27. The molecule has 0 unspecified atom stereocenters. The number of likely N-dealkylation sites (tertiary alicyclic amines) is 1. The fourth-order valence-electron chi connectivity index (χ4n) is 1.89. The summed E-state index contributed by atoms with van der Waals surface area (Å²) in [6.07, 6.45) is 2.21. The first-order valence-corrected chi connectivity index (χ1v) is 6.27. The number of benzene rings is 1. The predicted molar refractivity (Wildman–Crippen MR) is 76.0 cm³/mol. The van der Waals surface area contributed by atoms with Gasteiger partial charge in [-0.2, -0.15) is 4.99 Å². The fraction of sp³-hybridized carbons (Fsp3) is 0.333. The number of isothiocyanates is 1. The first kappa shape index (κ1) is 13.3. The molecule has 0 N–H and O–H groups in total. The highest BCUT2D eigenvalue weighted by molar-refractivity contribution is 7.78. The summed E-state index contributed by atoms with van der Waals surface area (Å²) in [4.78, 5) is 20.5. The Bertz CT molecular complexity index is 543. The van der Waals surface area contributed by atoms with E-state index in [9.17, 15) is 10.1 Å². The molecule has 1 saturated heterocycles. The molecule has 0 amide bonds. The summed E-state index contributed by atoms with van der Waals surface area (Å²) < 4.78 is 0. The molecular weight excluding hydrogens is 264 g/mol. The van der Waals surface area contributed by atoms with E-state index in [-0.39, 0.29) is 5.69 Å². The number of nitrogens with zero attached hydrogens (tertiary/aromatic N) is 4. The highest BCUT2D eigenvalue weighted by atomic mass is 32.1. The van der Waals surface area contributed by atoms with Crippen molar-refractivity contribution < 1.29 is 4.92 Å². The lowest BCUT2D eigenvalue weighted by Crippen LogP contribution is -2.25. The number of guanidine groups is 1. The van der Waals surface area contributed by atoms with Crippen LogP contribution >= 0.6 is 12.2 Å². The number of thiocarbonyl (C=S) groups is 1. The third-order valence-electron chi connectivity index (χ3n) is 2.82. The van der Waals surface area contributed by atoms with Crippen LogP contribution in [0.15, 0.2) is 34.3 Å². The van der Waals surface area contributed by atoms with Gasteiger partial charge < -0.3 is 4.90 Å². The van der Waals surface area contributed by atoms with Gasteiger partial charge in [0, 0.05) is 25.2 Å². The summed E-state index contributed by atoms with van der Waals surface area (Å²) in [6, 6.07) is 6.02. The summed E-state index contributed by atoms with van der Waals surface area (Å²) in [5.74, 6) is 0.515. The largest absolute Gasteiger partial charge is 0.340 e. The molecule has 98 valence electrons. The summed E-state index contributed by atoms with van der Waals surface area (Å²) in [6.45, 7) is 1.79. The molecule has 0 saturated carbocycles. The van der Waals surface area contributed by atoms with Crippen molar-refractivity contribution in [2.24, 2.45) is 9.98 Å². The second-order valence-electron chi connectivity index (χ2n) is 4.08. The Morgan fingerprint density at radius 3 is 2.47 bits per heavy atom. The minimum absolute atomic E-state index is 0.0417. The number of nitro benzene ring substituents is 1. The molecule has 0 aromatic heterocycles. The van der Waals surface area contributed by atoms with E-state index in [0.717, 1.165) is 25.9 Å². The SMILES string of the molecule is O=[N+]([O-])c1ccc(N=C(N=C=S)N2CCCC2)cc1. The van der Waals surface area contributed by atoms with Gasteiger partial charge >= 0.3 is 0 Å². The van der Waals surface area contributed by atoms with E-state index in [1.807, 2.05) is 4.90 Å². The Morgan fingerprint density at radius 1 is 1.32 bits per heavy atom. The van der Waals surface area contributed by atoms with Crippen molar-refractivity contribution in [3.05, 3.63) is 34.4 Å². The van der Waals surface area contributed by atoms with Crippen LogP contribution < -0.4 is 0 Å². The summed E-state index contributed by atoms with van der Waals surface area (Å²) in [5.41, 5.74) is 0.654. The molecule has 0 bridgehead atoms. The maximum absolute atomic E-state index is 10.6. The van der Waals surface area contributed by atoms with Crippen LogP contribution in [0.25, 0.3) is 0 Å². The Labute approximate surface area is 115 Å². The van der Waals surface area contributed by atoms with Gasteiger partial charge in [0.2, 0.25) is 5.96 Å². The zero-order chi connectivity index (χ0) is 13.7. The van der Waals surface area contributed by atoms with Crippen LogP contribution in [0.2, 0.25) is 0 Å². The Kier molecular flexibility index (Phi) is 4.33. The number of aliphatic imine (C=N–C) groups is 2. The second kappa shape index (κ2) is 6.17. The van der Waals surface area contributed by atoms with Gasteiger partial charge in [-0.25, -0.2) is 4.99 Å². The van der Waals surface area contributed by atoms with Gasteiger partial charge in [0.1, 0.15) is 0 Å². The predicted octanol–water partition coefficient (Wildman–Crippen LogP) is 2.78. The molecule has 0 spiro atoms. The molecule has 7 heteroatoms. The van der Waals surface area contributed by atoms with E-state index in [4.69, 9.17) is 0 Å². The minimum Gasteiger partial charge on any atom is -0.340 e. The average Bonchev–Trinajstić information content (AvgIpc) is 2.92. The van der Waals surface area contributed by atoms with Crippen molar-refractivity contribution in [3.63, 3.8) is 0 Å². The van der Waals surface area contributed by atoms with E-state index >= 15 is 0 Å². The van der Waals surface area contributed by atoms with E-state index < -0.39 is 4.92 Å². The van der Waals surface area contributed by atoms with Gasteiger partial charge in [-0.05, 0) is 37.2 Å².